The molecule has 1 heterocycles. The van der Waals surface area contributed by atoms with Crippen molar-refractivity contribution in [1.29, 1.82) is 0 Å². The number of ether oxygens (including phenoxy) is 2. The van der Waals surface area contributed by atoms with Crippen molar-refractivity contribution in [2.75, 3.05) is 24.2 Å². The molecule has 1 aliphatic heterocycles. The van der Waals surface area contributed by atoms with Crippen LogP contribution in [0.2, 0.25) is 5.02 Å². The number of sulfonamides is 1. The highest BCUT2D eigenvalue weighted by molar-refractivity contribution is 7.92. The van der Waals surface area contributed by atoms with Crippen molar-refractivity contribution in [3.63, 3.8) is 0 Å². The number of halogens is 1. The zero-order valence-corrected chi connectivity index (χ0v) is 17.1. The summed E-state index contributed by atoms with van der Waals surface area (Å²) in [4.78, 5) is 12.6. The van der Waals surface area contributed by atoms with E-state index in [1.54, 1.807) is 0 Å². The molecular formula is C19H21ClN2O5S. The van der Waals surface area contributed by atoms with Gasteiger partial charge in [0.2, 0.25) is 10.0 Å². The zero-order chi connectivity index (χ0) is 20.3. The van der Waals surface area contributed by atoms with Gasteiger partial charge >= 0.3 is 0 Å². The molecule has 2 aromatic rings. The first-order valence-electron chi connectivity index (χ1n) is 8.71. The minimum atomic E-state index is -3.51. The van der Waals surface area contributed by atoms with Crippen LogP contribution < -0.4 is 19.5 Å². The smallest absolute Gasteiger partial charge is 0.251 e. The van der Waals surface area contributed by atoms with Gasteiger partial charge in [-0.2, -0.15) is 0 Å². The van der Waals surface area contributed by atoms with E-state index in [4.69, 9.17) is 21.1 Å². The van der Waals surface area contributed by atoms with E-state index in [1.807, 2.05) is 25.1 Å². The summed E-state index contributed by atoms with van der Waals surface area (Å²) in [5.74, 6) is 0.990. The number of anilines is 1. The van der Waals surface area contributed by atoms with E-state index in [-0.39, 0.29) is 28.2 Å². The molecule has 150 valence electrons. The Labute approximate surface area is 169 Å². The molecule has 1 atom stereocenters. The number of carbonyl (C=O) groups excluding carboxylic acids is 1. The molecule has 1 amide bonds. The molecule has 0 bridgehead atoms. The average Bonchev–Trinajstić information content (AvgIpc) is 2.87. The van der Waals surface area contributed by atoms with Gasteiger partial charge < -0.3 is 14.8 Å². The fraction of sp³-hybridized carbons (Fsp3) is 0.316. The molecule has 0 spiro atoms. The van der Waals surface area contributed by atoms with Gasteiger partial charge in [-0.05, 0) is 42.8 Å². The number of amides is 1. The van der Waals surface area contributed by atoms with Crippen molar-refractivity contribution in [3.8, 4) is 11.5 Å². The molecule has 0 radical (unpaired) electrons. The quantitative estimate of drug-likeness (QED) is 0.767. The van der Waals surface area contributed by atoms with Crippen LogP contribution in [-0.4, -0.2) is 33.8 Å². The van der Waals surface area contributed by atoms with Crippen LogP contribution in [-0.2, 0) is 10.0 Å². The largest absolute Gasteiger partial charge is 0.490 e. The predicted molar refractivity (Wildman–Crippen MR) is 108 cm³/mol. The van der Waals surface area contributed by atoms with E-state index >= 15 is 0 Å². The van der Waals surface area contributed by atoms with E-state index in [9.17, 15) is 13.2 Å². The number of carbonyl (C=O) groups is 1. The lowest BCUT2D eigenvalue weighted by Crippen LogP contribution is -2.26. The number of hydrogen-bond acceptors (Lipinski definition) is 5. The third-order valence-electron chi connectivity index (χ3n) is 4.14. The Morgan fingerprint density at radius 2 is 1.82 bits per heavy atom. The van der Waals surface area contributed by atoms with Crippen molar-refractivity contribution in [2.24, 2.45) is 0 Å². The summed E-state index contributed by atoms with van der Waals surface area (Å²) in [7, 11) is -3.51. The Balaban J connectivity index is 1.76. The first kappa shape index (κ1) is 20.3. The molecule has 0 saturated heterocycles. The van der Waals surface area contributed by atoms with Crippen LogP contribution in [0.25, 0.3) is 0 Å². The van der Waals surface area contributed by atoms with Crippen molar-refractivity contribution in [2.45, 2.75) is 19.4 Å². The van der Waals surface area contributed by atoms with Gasteiger partial charge in [-0.25, -0.2) is 8.42 Å². The molecule has 7 nitrogen and oxygen atoms in total. The van der Waals surface area contributed by atoms with Crippen molar-refractivity contribution < 1.29 is 22.7 Å². The molecule has 0 aliphatic carbocycles. The van der Waals surface area contributed by atoms with Gasteiger partial charge in [0, 0.05) is 12.0 Å². The maximum atomic E-state index is 12.6. The lowest BCUT2D eigenvalue weighted by molar-refractivity contribution is 0.0940. The molecule has 0 saturated carbocycles. The lowest BCUT2D eigenvalue weighted by atomic mass is 10.1. The minimum Gasteiger partial charge on any atom is -0.490 e. The molecule has 2 N–H and O–H groups in total. The molecule has 1 unspecified atom stereocenters. The van der Waals surface area contributed by atoms with E-state index in [0.29, 0.717) is 24.7 Å². The normalized spacial score (nSPS) is 14.7. The summed E-state index contributed by atoms with van der Waals surface area (Å²) in [6.07, 6.45) is 1.83. The van der Waals surface area contributed by atoms with Crippen molar-refractivity contribution >= 4 is 33.2 Å². The highest BCUT2D eigenvalue weighted by Crippen LogP contribution is 2.32. The summed E-state index contributed by atoms with van der Waals surface area (Å²) in [6, 6.07) is 9.66. The van der Waals surface area contributed by atoms with Gasteiger partial charge in [0.25, 0.3) is 5.91 Å². The van der Waals surface area contributed by atoms with Gasteiger partial charge in [-0.3, -0.25) is 9.52 Å². The van der Waals surface area contributed by atoms with Gasteiger partial charge in [0.05, 0.1) is 36.2 Å². The first-order valence-corrected chi connectivity index (χ1v) is 11.0. The first-order chi connectivity index (χ1) is 13.2. The molecule has 28 heavy (non-hydrogen) atoms. The Morgan fingerprint density at radius 3 is 2.54 bits per heavy atom. The monoisotopic (exact) mass is 424 g/mol. The summed E-state index contributed by atoms with van der Waals surface area (Å²) < 4.78 is 36.5. The third kappa shape index (κ3) is 5.08. The number of rotatable bonds is 5. The van der Waals surface area contributed by atoms with Crippen LogP contribution >= 0.6 is 11.6 Å². The fourth-order valence-corrected chi connectivity index (χ4v) is 3.55. The van der Waals surface area contributed by atoms with E-state index in [2.05, 4.69) is 10.0 Å². The topological polar surface area (TPSA) is 93.7 Å². The van der Waals surface area contributed by atoms with Gasteiger partial charge in [0.15, 0.2) is 11.5 Å². The molecular weight excluding hydrogens is 404 g/mol. The summed E-state index contributed by atoms with van der Waals surface area (Å²) in [6.45, 7) is 3.04. The Morgan fingerprint density at radius 1 is 1.11 bits per heavy atom. The summed E-state index contributed by atoms with van der Waals surface area (Å²) in [5, 5.41) is 3.10. The second kappa shape index (κ2) is 8.28. The molecule has 2 aromatic carbocycles. The second-order valence-electron chi connectivity index (χ2n) is 6.52. The summed E-state index contributed by atoms with van der Waals surface area (Å²) >= 11 is 6.00. The minimum absolute atomic E-state index is 0.153. The van der Waals surface area contributed by atoms with E-state index in [0.717, 1.165) is 18.2 Å². The SMILES string of the molecule is CC(NC(=O)c1ccc(Cl)c(NS(C)(=O)=O)c1)c1ccc2c(c1)OCCCO2. The Hall–Kier alpha value is -2.45. The summed E-state index contributed by atoms with van der Waals surface area (Å²) in [5.41, 5.74) is 1.30. The fourth-order valence-electron chi connectivity index (χ4n) is 2.76. The van der Waals surface area contributed by atoms with Gasteiger partial charge in [-0.15, -0.1) is 0 Å². The standard InChI is InChI=1S/C19H21ClN2O5S/c1-12(13-5-7-17-18(11-13)27-9-3-8-26-17)21-19(23)14-4-6-15(20)16(10-14)22-28(2,24)25/h4-7,10-12,22H,3,8-9H2,1-2H3,(H,21,23). The van der Waals surface area contributed by atoms with Gasteiger partial charge in [0.1, 0.15) is 0 Å². The van der Waals surface area contributed by atoms with Crippen molar-refractivity contribution in [3.05, 3.63) is 52.5 Å². The molecule has 0 fully saturated rings. The highest BCUT2D eigenvalue weighted by atomic mass is 35.5. The molecule has 9 heteroatoms. The molecule has 1 aliphatic rings. The van der Waals surface area contributed by atoms with Crippen LogP contribution in [0.3, 0.4) is 0 Å². The maximum Gasteiger partial charge on any atom is 0.251 e. The van der Waals surface area contributed by atoms with Crippen LogP contribution in [0.4, 0.5) is 5.69 Å². The average molecular weight is 425 g/mol. The number of fused-ring (bicyclic) bond motifs is 1. The van der Waals surface area contributed by atoms with Crippen LogP contribution in [0.1, 0.15) is 35.3 Å². The third-order valence-corrected chi connectivity index (χ3v) is 5.06. The number of benzene rings is 2. The predicted octanol–water partition coefficient (Wildman–Crippen LogP) is 3.36. The van der Waals surface area contributed by atoms with Crippen LogP contribution in [0.15, 0.2) is 36.4 Å². The Kier molecular flexibility index (Phi) is 6.00. The zero-order valence-electron chi connectivity index (χ0n) is 15.5. The van der Waals surface area contributed by atoms with Crippen molar-refractivity contribution in [1.82, 2.24) is 5.32 Å². The Bertz CT molecular complexity index is 994. The lowest BCUT2D eigenvalue weighted by Gasteiger charge is -2.17. The van der Waals surface area contributed by atoms with Gasteiger partial charge in [-0.1, -0.05) is 17.7 Å². The highest BCUT2D eigenvalue weighted by Gasteiger charge is 2.17. The number of hydrogen-bond donors (Lipinski definition) is 2. The number of nitrogens with one attached hydrogen (secondary N) is 2. The molecule has 0 aromatic heterocycles. The molecule has 3 rings (SSSR count). The van der Waals surface area contributed by atoms with E-state index in [1.165, 1.54) is 18.2 Å². The van der Waals surface area contributed by atoms with Crippen LogP contribution in [0.5, 0.6) is 11.5 Å². The van der Waals surface area contributed by atoms with Crippen LogP contribution in [0, 0.1) is 0 Å². The second-order valence-corrected chi connectivity index (χ2v) is 8.68. The maximum absolute atomic E-state index is 12.6. The van der Waals surface area contributed by atoms with E-state index < -0.39 is 10.0 Å².